The highest BCUT2D eigenvalue weighted by atomic mass is 32.1. The Balaban J connectivity index is 0.932. The zero-order valence-corrected chi connectivity index (χ0v) is 28.5. The summed E-state index contributed by atoms with van der Waals surface area (Å²) >= 11 is 1.85. The summed E-state index contributed by atoms with van der Waals surface area (Å²) in [5, 5.41) is 4.94. The number of para-hydroxylation sites is 2. The van der Waals surface area contributed by atoms with E-state index in [9.17, 15) is 0 Å². The van der Waals surface area contributed by atoms with E-state index in [-0.39, 0.29) is 0 Å². The van der Waals surface area contributed by atoms with E-state index >= 15 is 0 Å². The molecule has 0 fully saturated rings. The van der Waals surface area contributed by atoms with Crippen LogP contribution < -0.4 is 4.90 Å². The molecule has 0 saturated carbocycles. The lowest BCUT2D eigenvalue weighted by Gasteiger charge is -2.25. The van der Waals surface area contributed by atoms with Gasteiger partial charge in [0.2, 0.25) is 0 Å². The second kappa shape index (κ2) is 12.2. The fraction of sp³-hybridized carbons (Fsp3) is 0. The van der Waals surface area contributed by atoms with E-state index in [4.69, 9.17) is 4.42 Å². The largest absolute Gasteiger partial charge is 0.456 e. The molecule has 0 unspecified atom stereocenters. The van der Waals surface area contributed by atoms with Gasteiger partial charge >= 0.3 is 0 Å². The van der Waals surface area contributed by atoms with Crippen molar-refractivity contribution < 1.29 is 4.42 Å². The van der Waals surface area contributed by atoms with Crippen LogP contribution in [0.25, 0.3) is 75.5 Å². The summed E-state index contributed by atoms with van der Waals surface area (Å²) in [6.45, 7) is 0. The van der Waals surface area contributed by atoms with Crippen molar-refractivity contribution >= 4 is 70.5 Å². The van der Waals surface area contributed by atoms with Gasteiger partial charge in [-0.1, -0.05) is 133 Å². The van der Waals surface area contributed by atoms with Gasteiger partial charge in [0.15, 0.2) is 0 Å². The molecule has 0 aliphatic carbocycles. The highest BCUT2D eigenvalue weighted by Gasteiger charge is 2.15. The van der Waals surface area contributed by atoms with E-state index in [0.717, 1.165) is 33.6 Å². The average Bonchev–Trinajstić information content (AvgIpc) is 3.77. The summed E-state index contributed by atoms with van der Waals surface area (Å²) in [7, 11) is 0. The number of fused-ring (bicyclic) bond motifs is 6. The number of anilines is 3. The molecule has 2 nitrogen and oxygen atoms in total. The monoisotopic (exact) mass is 669 g/mol. The van der Waals surface area contributed by atoms with Crippen LogP contribution in [-0.4, -0.2) is 0 Å². The SMILES string of the molecule is c1ccc(N(c2ccc(-c3ccc(-c4ccc(-c5cccc6oc7ccccc7c56)cc4)cc3)cc2)c2ccc3c(c2)sc2ccccc23)cc1. The fourth-order valence-corrected chi connectivity index (χ4v) is 8.53. The number of benzene rings is 8. The highest BCUT2D eigenvalue weighted by molar-refractivity contribution is 7.25. The smallest absolute Gasteiger partial charge is 0.136 e. The molecule has 240 valence electrons. The maximum atomic E-state index is 6.14. The Labute approximate surface area is 300 Å². The van der Waals surface area contributed by atoms with Gasteiger partial charge in [-0.15, -0.1) is 11.3 Å². The van der Waals surface area contributed by atoms with Crippen LogP contribution in [0.4, 0.5) is 17.1 Å². The van der Waals surface area contributed by atoms with Crippen molar-refractivity contribution in [3.8, 4) is 33.4 Å². The quantitative estimate of drug-likeness (QED) is 0.175. The molecule has 0 N–H and O–H groups in total. The Morgan fingerprint density at radius 1 is 0.353 bits per heavy atom. The van der Waals surface area contributed by atoms with E-state index in [1.54, 1.807) is 0 Å². The molecule has 0 atom stereocenters. The third-order valence-electron chi connectivity index (χ3n) is 9.91. The summed E-state index contributed by atoms with van der Waals surface area (Å²) in [4.78, 5) is 2.34. The van der Waals surface area contributed by atoms with Gasteiger partial charge in [0.1, 0.15) is 11.2 Å². The molecule has 8 aromatic carbocycles. The number of thiophene rings is 1. The summed E-state index contributed by atoms with van der Waals surface area (Å²) < 4.78 is 8.75. The third-order valence-corrected chi connectivity index (χ3v) is 11.0. The van der Waals surface area contributed by atoms with Gasteiger partial charge in [-0.25, -0.2) is 0 Å². The van der Waals surface area contributed by atoms with E-state index in [0.29, 0.717) is 0 Å². The lowest BCUT2D eigenvalue weighted by Crippen LogP contribution is -2.09. The number of hydrogen-bond acceptors (Lipinski definition) is 3. The molecule has 0 aliphatic rings. The standard InChI is InChI=1S/C48H31NOS/c1-2-9-37(10-3-1)49(39-29-30-42-41-11-5-7-16-46(41)51-47(42)31-39)38-27-25-35(26-28-38)33-19-17-32(18-20-33)34-21-23-36(24-22-34)40-13-8-15-45-48(40)43-12-4-6-14-44(43)50-45/h1-31H. The summed E-state index contributed by atoms with van der Waals surface area (Å²) in [6.07, 6.45) is 0. The van der Waals surface area contributed by atoms with Crippen molar-refractivity contribution in [3.63, 3.8) is 0 Å². The second-order valence-corrected chi connectivity index (χ2v) is 14.0. The molecule has 3 heteroatoms. The maximum absolute atomic E-state index is 6.14. The van der Waals surface area contributed by atoms with Crippen molar-refractivity contribution in [3.05, 3.63) is 188 Å². The van der Waals surface area contributed by atoms with E-state index in [2.05, 4.69) is 175 Å². The minimum atomic E-state index is 0.919. The van der Waals surface area contributed by atoms with Gasteiger partial charge in [-0.2, -0.15) is 0 Å². The molecule has 10 rings (SSSR count). The van der Waals surface area contributed by atoms with E-state index < -0.39 is 0 Å². The van der Waals surface area contributed by atoms with Gasteiger partial charge in [0.25, 0.3) is 0 Å². The Bertz CT molecular complexity index is 2830. The van der Waals surface area contributed by atoms with Crippen LogP contribution in [0.3, 0.4) is 0 Å². The van der Waals surface area contributed by atoms with Gasteiger partial charge in [-0.05, 0) is 88.0 Å². The third kappa shape index (κ3) is 5.18. The predicted octanol–water partition coefficient (Wildman–Crippen LogP) is 14.4. The first-order valence-electron chi connectivity index (χ1n) is 17.2. The molecule has 0 radical (unpaired) electrons. The number of furan rings is 1. The van der Waals surface area contributed by atoms with E-state index in [1.165, 1.54) is 58.9 Å². The predicted molar refractivity (Wildman–Crippen MR) is 218 cm³/mol. The van der Waals surface area contributed by atoms with Crippen LogP contribution in [0.5, 0.6) is 0 Å². The highest BCUT2D eigenvalue weighted by Crippen LogP contribution is 2.41. The van der Waals surface area contributed by atoms with Crippen molar-refractivity contribution in [1.82, 2.24) is 0 Å². The normalized spacial score (nSPS) is 11.5. The minimum Gasteiger partial charge on any atom is -0.456 e. The molecule has 2 heterocycles. The van der Waals surface area contributed by atoms with Gasteiger partial charge in [0, 0.05) is 48.0 Å². The summed E-state index contributed by atoms with van der Waals surface area (Å²) in [6, 6.07) is 67.4. The Hall–Kier alpha value is -6.42. The average molecular weight is 670 g/mol. The summed E-state index contributed by atoms with van der Waals surface area (Å²) in [5.74, 6) is 0. The maximum Gasteiger partial charge on any atom is 0.136 e. The molecule has 0 spiro atoms. The second-order valence-electron chi connectivity index (χ2n) is 12.9. The molecule has 0 aliphatic heterocycles. The summed E-state index contributed by atoms with van der Waals surface area (Å²) in [5.41, 5.74) is 12.4. The van der Waals surface area contributed by atoms with E-state index in [1.807, 2.05) is 29.5 Å². The van der Waals surface area contributed by atoms with Crippen LogP contribution in [0, 0.1) is 0 Å². The topological polar surface area (TPSA) is 16.4 Å². The fourth-order valence-electron chi connectivity index (χ4n) is 7.39. The zero-order chi connectivity index (χ0) is 33.7. The molecular formula is C48H31NOS. The lowest BCUT2D eigenvalue weighted by atomic mass is 9.96. The first-order chi connectivity index (χ1) is 25.3. The zero-order valence-electron chi connectivity index (χ0n) is 27.7. The first kappa shape index (κ1) is 29.5. The first-order valence-corrected chi connectivity index (χ1v) is 18.1. The molecule has 51 heavy (non-hydrogen) atoms. The Morgan fingerprint density at radius 2 is 0.882 bits per heavy atom. The number of hydrogen-bond donors (Lipinski definition) is 0. The Morgan fingerprint density at radius 3 is 1.61 bits per heavy atom. The molecule has 0 bridgehead atoms. The van der Waals surface area contributed by atoms with Gasteiger partial charge in [-0.3, -0.25) is 0 Å². The van der Waals surface area contributed by atoms with Crippen molar-refractivity contribution in [2.24, 2.45) is 0 Å². The van der Waals surface area contributed by atoms with Crippen molar-refractivity contribution in [2.75, 3.05) is 4.90 Å². The molecule has 2 aromatic heterocycles. The van der Waals surface area contributed by atoms with Crippen molar-refractivity contribution in [2.45, 2.75) is 0 Å². The van der Waals surface area contributed by atoms with Crippen LogP contribution in [0.2, 0.25) is 0 Å². The van der Waals surface area contributed by atoms with Crippen LogP contribution in [0.15, 0.2) is 192 Å². The van der Waals surface area contributed by atoms with Crippen molar-refractivity contribution in [1.29, 1.82) is 0 Å². The number of nitrogens with zero attached hydrogens (tertiary/aromatic N) is 1. The van der Waals surface area contributed by atoms with Crippen LogP contribution in [-0.2, 0) is 0 Å². The van der Waals surface area contributed by atoms with Gasteiger partial charge in [0.05, 0.1) is 0 Å². The Kier molecular flexibility index (Phi) is 7.04. The van der Waals surface area contributed by atoms with Gasteiger partial charge < -0.3 is 9.32 Å². The minimum absolute atomic E-state index is 0.919. The lowest BCUT2D eigenvalue weighted by molar-refractivity contribution is 0.669. The number of rotatable bonds is 6. The molecule has 10 aromatic rings. The molecular weight excluding hydrogens is 639 g/mol. The van der Waals surface area contributed by atoms with Crippen LogP contribution in [0.1, 0.15) is 0 Å². The van der Waals surface area contributed by atoms with Crippen LogP contribution >= 0.6 is 11.3 Å². The molecule has 0 amide bonds. The molecule has 0 saturated heterocycles.